The molecule has 2 aromatic heterocycles. The van der Waals surface area contributed by atoms with Gasteiger partial charge in [0.25, 0.3) is 0 Å². The number of rotatable bonds is 6. The molecule has 36 heavy (non-hydrogen) atoms. The van der Waals surface area contributed by atoms with Crippen LogP contribution in [0, 0.1) is 0 Å². The van der Waals surface area contributed by atoms with Crippen molar-refractivity contribution >= 4 is 17.5 Å². The van der Waals surface area contributed by atoms with Gasteiger partial charge in [0.2, 0.25) is 0 Å². The van der Waals surface area contributed by atoms with E-state index >= 15 is 0 Å². The Morgan fingerprint density at radius 3 is 2.56 bits per heavy atom. The Morgan fingerprint density at radius 2 is 1.83 bits per heavy atom. The van der Waals surface area contributed by atoms with Crippen molar-refractivity contribution in [1.29, 1.82) is 0 Å². The molecule has 0 radical (unpaired) electrons. The Bertz CT molecular complexity index is 1180. The highest BCUT2D eigenvalue weighted by atomic mass is 16.5. The summed E-state index contributed by atoms with van der Waals surface area (Å²) in [6.07, 6.45) is 4.44. The van der Waals surface area contributed by atoms with E-state index in [1.54, 1.807) is 12.4 Å². The van der Waals surface area contributed by atoms with Gasteiger partial charge in [-0.2, -0.15) is 0 Å². The first-order chi connectivity index (χ1) is 17.6. The molecule has 0 spiro atoms. The molecule has 2 aliphatic rings. The van der Waals surface area contributed by atoms with Crippen LogP contribution >= 0.6 is 0 Å². The van der Waals surface area contributed by atoms with E-state index in [0.29, 0.717) is 32.1 Å². The van der Waals surface area contributed by atoms with Crippen LogP contribution < -0.4 is 15.5 Å². The van der Waals surface area contributed by atoms with E-state index in [9.17, 15) is 4.79 Å². The van der Waals surface area contributed by atoms with Gasteiger partial charge >= 0.3 is 6.03 Å². The number of fused-ring (bicyclic) bond motifs is 1. The zero-order chi connectivity index (χ0) is 24.9. The summed E-state index contributed by atoms with van der Waals surface area (Å²) < 4.78 is 5.60. The van der Waals surface area contributed by atoms with E-state index in [1.807, 2.05) is 37.3 Å². The maximum absolute atomic E-state index is 11.9. The van der Waals surface area contributed by atoms with Gasteiger partial charge in [0, 0.05) is 55.4 Å². The molecule has 0 aliphatic carbocycles. The number of aromatic nitrogens is 4. The first-order valence-corrected chi connectivity index (χ1v) is 12.5. The molecular formula is C26H32N8O2. The fraction of sp³-hybridized carbons (Fsp3) is 0.423. The summed E-state index contributed by atoms with van der Waals surface area (Å²) in [6, 6.07) is 9.38. The fourth-order valence-electron chi connectivity index (χ4n) is 4.71. The predicted octanol–water partition coefficient (Wildman–Crippen LogP) is 3.03. The van der Waals surface area contributed by atoms with Crippen molar-refractivity contribution in [2.24, 2.45) is 0 Å². The lowest BCUT2D eigenvalue weighted by Crippen LogP contribution is -2.40. The molecule has 1 fully saturated rings. The van der Waals surface area contributed by atoms with Crippen LogP contribution in [0.25, 0.3) is 11.4 Å². The minimum absolute atomic E-state index is 0.0952. The third kappa shape index (κ3) is 5.29. The summed E-state index contributed by atoms with van der Waals surface area (Å²) in [5.74, 6) is 2.50. The summed E-state index contributed by atoms with van der Waals surface area (Å²) in [7, 11) is 0. The molecule has 10 nitrogen and oxygen atoms in total. The van der Waals surface area contributed by atoms with E-state index < -0.39 is 0 Å². The molecule has 0 saturated carbocycles. The topological polar surface area (TPSA) is 108 Å². The number of hydrogen-bond acceptors (Lipinski definition) is 8. The predicted molar refractivity (Wildman–Crippen MR) is 138 cm³/mol. The van der Waals surface area contributed by atoms with E-state index in [0.717, 1.165) is 54.6 Å². The molecule has 10 heteroatoms. The van der Waals surface area contributed by atoms with Gasteiger partial charge in [0.05, 0.1) is 31.5 Å². The van der Waals surface area contributed by atoms with E-state index in [-0.39, 0.29) is 12.1 Å². The number of urea groups is 1. The Hall–Kier alpha value is -3.63. The molecule has 188 valence electrons. The summed E-state index contributed by atoms with van der Waals surface area (Å²) in [5.41, 5.74) is 3.89. The largest absolute Gasteiger partial charge is 0.378 e. The molecule has 2 N–H and O–H groups in total. The zero-order valence-electron chi connectivity index (χ0n) is 20.8. The average molecular weight is 489 g/mol. The number of carbonyl (C=O) groups excluding carboxylic acids is 1. The van der Waals surface area contributed by atoms with Gasteiger partial charge in [0.15, 0.2) is 5.82 Å². The van der Waals surface area contributed by atoms with Crippen molar-refractivity contribution in [3.05, 3.63) is 59.8 Å². The normalized spacial score (nSPS) is 17.9. The summed E-state index contributed by atoms with van der Waals surface area (Å²) in [4.78, 5) is 35.5. The highest BCUT2D eigenvalue weighted by Crippen LogP contribution is 2.36. The smallest absolute Gasteiger partial charge is 0.319 e. The third-order valence-corrected chi connectivity index (χ3v) is 6.62. The van der Waals surface area contributed by atoms with Crippen LogP contribution in [0.15, 0.2) is 42.7 Å². The maximum atomic E-state index is 11.9. The van der Waals surface area contributed by atoms with Crippen LogP contribution in [-0.4, -0.2) is 70.3 Å². The van der Waals surface area contributed by atoms with Gasteiger partial charge in [-0.1, -0.05) is 0 Å². The van der Waals surface area contributed by atoms with Crippen molar-refractivity contribution in [3.63, 3.8) is 0 Å². The Labute approximate surface area is 211 Å². The molecule has 1 atom stereocenters. The Balaban J connectivity index is 1.47. The number of nitrogens with one attached hydrogen (secondary N) is 2. The minimum Gasteiger partial charge on any atom is -0.378 e. The van der Waals surface area contributed by atoms with Crippen LogP contribution in [0.4, 0.5) is 16.3 Å². The number of morpholine rings is 1. The molecule has 1 saturated heterocycles. The second-order valence-electron chi connectivity index (χ2n) is 8.96. The van der Waals surface area contributed by atoms with Gasteiger partial charge in [-0.15, -0.1) is 0 Å². The fourth-order valence-corrected chi connectivity index (χ4v) is 4.71. The highest BCUT2D eigenvalue weighted by Gasteiger charge is 2.31. The molecule has 2 aliphatic heterocycles. The summed E-state index contributed by atoms with van der Waals surface area (Å²) in [5, 5.41) is 5.58. The van der Waals surface area contributed by atoms with E-state index in [1.165, 1.54) is 5.56 Å². The third-order valence-electron chi connectivity index (χ3n) is 6.62. The second-order valence-corrected chi connectivity index (χ2v) is 8.96. The summed E-state index contributed by atoms with van der Waals surface area (Å²) in [6.45, 7) is 9.24. The monoisotopic (exact) mass is 488 g/mol. The van der Waals surface area contributed by atoms with Crippen LogP contribution in [0.2, 0.25) is 0 Å². The van der Waals surface area contributed by atoms with Gasteiger partial charge in [0.1, 0.15) is 11.6 Å². The molecule has 4 heterocycles. The Morgan fingerprint density at radius 1 is 1.08 bits per heavy atom. The quantitative estimate of drug-likeness (QED) is 0.545. The van der Waals surface area contributed by atoms with Crippen LogP contribution in [0.5, 0.6) is 0 Å². The minimum atomic E-state index is -0.221. The van der Waals surface area contributed by atoms with Gasteiger partial charge in [-0.25, -0.2) is 24.7 Å². The number of carbonyl (C=O) groups is 1. The number of amides is 2. The van der Waals surface area contributed by atoms with Crippen molar-refractivity contribution in [3.8, 4) is 11.4 Å². The van der Waals surface area contributed by atoms with Crippen molar-refractivity contribution in [2.45, 2.75) is 32.9 Å². The number of ether oxygens (including phenoxy) is 1. The lowest BCUT2D eigenvalue weighted by atomic mass is 9.98. The van der Waals surface area contributed by atoms with Crippen molar-refractivity contribution in [2.75, 3.05) is 49.6 Å². The number of nitrogens with zero attached hydrogens (tertiary/aromatic N) is 6. The average Bonchev–Trinajstić information content (AvgIpc) is 2.91. The number of anilines is 2. The van der Waals surface area contributed by atoms with Gasteiger partial charge < -0.3 is 20.3 Å². The molecule has 2 amide bonds. The highest BCUT2D eigenvalue weighted by molar-refractivity contribution is 5.89. The van der Waals surface area contributed by atoms with Crippen LogP contribution in [0.1, 0.15) is 37.0 Å². The van der Waals surface area contributed by atoms with Crippen LogP contribution in [-0.2, 0) is 17.7 Å². The van der Waals surface area contributed by atoms with Crippen LogP contribution in [0.3, 0.4) is 0 Å². The molecule has 0 unspecified atom stereocenters. The summed E-state index contributed by atoms with van der Waals surface area (Å²) >= 11 is 0. The standard InChI is InChI=1S/C26H32N8O2/c1-3-27-26(35)30-20-7-5-19(6-8-20)24-31-23-18(2)34(17-22-28-10-4-11-29-22)12-9-21(23)25(32-24)33-13-15-36-16-14-33/h4-8,10-11,18H,3,9,12-17H2,1-2H3,(H2,27,30,35)/t18-/m0/s1. The lowest BCUT2D eigenvalue weighted by Gasteiger charge is -2.37. The zero-order valence-corrected chi connectivity index (χ0v) is 20.8. The van der Waals surface area contributed by atoms with Crippen molar-refractivity contribution in [1.82, 2.24) is 30.2 Å². The van der Waals surface area contributed by atoms with E-state index in [4.69, 9.17) is 14.7 Å². The van der Waals surface area contributed by atoms with Crippen molar-refractivity contribution < 1.29 is 9.53 Å². The molecule has 0 bridgehead atoms. The number of benzene rings is 1. The molecule has 5 rings (SSSR count). The lowest BCUT2D eigenvalue weighted by molar-refractivity contribution is 0.122. The molecule has 1 aromatic carbocycles. The van der Waals surface area contributed by atoms with Gasteiger partial charge in [-0.3, -0.25) is 4.90 Å². The second kappa shape index (κ2) is 11.0. The SMILES string of the molecule is CCNC(=O)Nc1ccc(-c2nc3c(c(N4CCOCC4)n2)CCN(Cc2ncccn2)[C@H]3C)cc1. The number of hydrogen-bond donors (Lipinski definition) is 2. The first kappa shape index (κ1) is 24.1. The molecular weight excluding hydrogens is 456 g/mol. The maximum Gasteiger partial charge on any atom is 0.319 e. The van der Waals surface area contributed by atoms with E-state index in [2.05, 4.69) is 37.3 Å². The van der Waals surface area contributed by atoms with Gasteiger partial charge in [-0.05, 0) is 50.6 Å². The first-order valence-electron chi connectivity index (χ1n) is 12.5. The molecule has 3 aromatic rings. The Kier molecular flexibility index (Phi) is 7.33.